The van der Waals surface area contributed by atoms with Gasteiger partial charge in [-0.3, -0.25) is 4.79 Å². The number of carbonyl (C=O) groups excluding carboxylic acids is 2. The second-order valence-corrected chi connectivity index (χ2v) is 6.53. The van der Waals surface area contributed by atoms with Gasteiger partial charge in [0.25, 0.3) is 5.91 Å². The van der Waals surface area contributed by atoms with Crippen molar-refractivity contribution >= 4 is 41.2 Å². The molecular formula is C18H19Cl2N3O3. The van der Waals surface area contributed by atoms with E-state index in [1.807, 2.05) is 18.2 Å². The molecule has 0 saturated carbocycles. The highest BCUT2D eigenvalue weighted by Gasteiger charge is 2.13. The van der Waals surface area contributed by atoms with Gasteiger partial charge in [-0.15, -0.1) is 0 Å². The number of halogens is 2. The van der Waals surface area contributed by atoms with Gasteiger partial charge in [0, 0.05) is 30.8 Å². The van der Waals surface area contributed by atoms with Crippen LogP contribution in [0, 0.1) is 6.92 Å². The molecule has 0 spiro atoms. The van der Waals surface area contributed by atoms with Crippen LogP contribution in [0.5, 0.6) is 0 Å². The van der Waals surface area contributed by atoms with Crippen molar-refractivity contribution in [3.8, 4) is 0 Å². The van der Waals surface area contributed by atoms with Crippen LogP contribution < -0.4 is 0 Å². The molecule has 0 saturated heterocycles. The van der Waals surface area contributed by atoms with Crippen LogP contribution in [0.25, 0.3) is 6.08 Å². The summed E-state index contributed by atoms with van der Waals surface area (Å²) < 4.78 is 6.49. The zero-order valence-corrected chi connectivity index (χ0v) is 16.2. The second-order valence-electron chi connectivity index (χ2n) is 5.77. The third-order valence-corrected chi connectivity index (χ3v) is 4.38. The lowest BCUT2D eigenvalue weighted by atomic mass is 10.2. The van der Waals surface area contributed by atoms with Crippen LogP contribution in [0.4, 0.5) is 0 Å². The van der Waals surface area contributed by atoms with E-state index in [1.165, 1.54) is 17.1 Å². The molecular weight excluding hydrogens is 377 g/mol. The minimum absolute atomic E-state index is 0.298. The largest absolute Gasteiger partial charge is 0.452 e. The molecule has 0 N–H and O–H groups in total. The first-order valence-electron chi connectivity index (χ1n) is 7.81. The number of carbonyl (C=O) groups is 2. The minimum atomic E-state index is -0.630. The molecule has 0 aliphatic rings. The second kappa shape index (κ2) is 8.87. The summed E-state index contributed by atoms with van der Waals surface area (Å²) in [4.78, 5) is 24.5. The number of hydrogen-bond donors (Lipinski definition) is 0. The Bertz CT molecular complexity index is 844. The average Bonchev–Trinajstić information content (AvgIpc) is 2.86. The average molecular weight is 396 g/mol. The standard InChI is InChI=1S/C18H19Cl2N3O3/c1-12-14(8-9-17(25)26-11-16(24)22(2)3)18(20)23(21-12)10-13-6-4-5-7-15(13)19/h4-9H,10-11H2,1-3H3/b9-8+. The summed E-state index contributed by atoms with van der Waals surface area (Å²) in [6, 6.07) is 7.43. The van der Waals surface area contributed by atoms with Crippen molar-refractivity contribution in [2.24, 2.45) is 0 Å². The zero-order chi connectivity index (χ0) is 19.3. The smallest absolute Gasteiger partial charge is 0.331 e. The number of rotatable bonds is 6. The monoisotopic (exact) mass is 395 g/mol. The molecule has 2 aromatic rings. The predicted molar refractivity (Wildman–Crippen MR) is 101 cm³/mol. The maximum absolute atomic E-state index is 11.7. The molecule has 0 aliphatic heterocycles. The Hall–Kier alpha value is -2.31. The molecule has 1 aromatic carbocycles. The van der Waals surface area contributed by atoms with E-state index < -0.39 is 5.97 Å². The molecule has 0 fully saturated rings. The van der Waals surface area contributed by atoms with Crippen LogP contribution in [-0.2, 0) is 20.9 Å². The molecule has 6 nitrogen and oxygen atoms in total. The minimum Gasteiger partial charge on any atom is -0.452 e. The van der Waals surface area contributed by atoms with Gasteiger partial charge in [0.1, 0.15) is 5.15 Å². The third-order valence-electron chi connectivity index (χ3n) is 3.61. The molecule has 1 heterocycles. The Morgan fingerprint density at radius 1 is 1.27 bits per heavy atom. The van der Waals surface area contributed by atoms with Crippen molar-refractivity contribution in [3.05, 3.63) is 57.3 Å². The lowest BCUT2D eigenvalue weighted by molar-refractivity contribution is -0.146. The molecule has 0 atom stereocenters. The molecule has 0 radical (unpaired) electrons. The van der Waals surface area contributed by atoms with Gasteiger partial charge in [0.05, 0.1) is 12.2 Å². The summed E-state index contributed by atoms with van der Waals surface area (Å²) in [6.07, 6.45) is 2.74. The summed E-state index contributed by atoms with van der Waals surface area (Å²) in [5.74, 6) is -0.928. The Labute approximate surface area is 161 Å². The molecule has 26 heavy (non-hydrogen) atoms. The number of nitrogens with zero attached hydrogens (tertiary/aromatic N) is 3. The quantitative estimate of drug-likeness (QED) is 0.556. The molecule has 0 aliphatic carbocycles. The van der Waals surface area contributed by atoms with Gasteiger partial charge in [0.2, 0.25) is 0 Å². The number of ether oxygens (including phenoxy) is 1. The van der Waals surface area contributed by atoms with Gasteiger partial charge < -0.3 is 9.64 Å². The molecule has 2 rings (SSSR count). The van der Waals surface area contributed by atoms with E-state index in [9.17, 15) is 9.59 Å². The normalized spacial score (nSPS) is 11.0. The number of aryl methyl sites for hydroxylation is 1. The van der Waals surface area contributed by atoms with Gasteiger partial charge in [-0.2, -0.15) is 5.10 Å². The fourth-order valence-corrected chi connectivity index (χ4v) is 2.60. The van der Waals surface area contributed by atoms with Crippen molar-refractivity contribution in [2.75, 3.05) is 20.7 Å². The molecule has 1 amide bonds. The van der Waals surface area contributed by atoms with Crippen molar-refractivity contribution in [1.29, 1.82) is 0 Å². The maximum Gasteiger partial charge on any atom is 0.331 e. The van der Waals surface area contributed by atoms with E-state index in [0.29, 0.717) is 28.0 Å². The highest BCUT2D eigenvalue weighted by molar-refractivity contribution is 6.32. The molecule has 0 unspecified atom stereocenters. The number of likely N-dealkylation sites (N-methyl/N-ethyl adjacent to an activating group) is 1. The van der Waals surface area contributed by atoms with Crippen LogP contribution in [-0.4, -0.2) is 47.3 Å². The fourth-order valence-electron chi connectivity index (χ4n) is 2.11. The van der Waals surface area contributed by atoms with Crippen LogP contribution in [0.15, 0.2) is 30.3 Å². The Balaban J connectivity index is 2.09. The van der Waals surface area contributed by atoms with E-state index in [0.717, 1.165) is 5.56 Å². The Morgan fingerprint density at radius 2 is 1.96 bits per heavy atom. The number of benzene rings is 1. The van der Waals surface area contributed by atoms with E-state index in [-0.39, 0.29) is 12.5 Å². The Kier molecular flexibility index (Phi) is 6.83. The van der Waals surface area contributed by atoms with E-state index in [4.69, 9.17) is 27.9 Å². The predicted octanol–water partition coefficient (Wildman–Crippen LogP) is 3.19. The number of hydrogen-bond acceptors (Lipinski definition) is 4. The lowest BCUT2D eigenvalue weighted by Gasteiger charge is -2.09. The van der Waals surface area contributed by atoms with Crippen LogP contribution >= 0.6 is 23.2 Å². The van der Waals surface area contributed by atoms with E-state index in [2.05, 4.69) is 5.10 Å². The van der Waals surface area contributed by atoms with Gasteiger partial charge >= 0.3 is 5.97 Å². The van der Waals surface area contributed by atoms with Crippen LogP contribution in [0.2, 0.25) is 10.2 Å². The first-order valence-corrected chi connectivity index (χ1v) is 8.56. The first kappa shape index (κ1) is 20.0. The number of amides is 1. The van der Waals surface area contributed by atoms with E-state index in [1.54, 1.807) is 31.8 Å². The lowest BCUT2D eigenvalue weighted by Crippen LogP contribution is -2.27. The summed E-state index contributed by atoms with van der Waals surface area (Å²) in [5.41, 5.74) is 2.15. The highest BCUT2D eigenvalue weighted by atomic mass is 35.5. The molecule has 1 aromatic heterocycles. The summed E-state index contributed by atoms with van der Waals surface area (Å²) in [5, 5.41) is 5.40. The maximum atomic E-state index is 11.7. The Morgan fingerprint density at radius 3 is 2.62 bits per heavy atom. The van der Waals surface area contributed by atoms with Gasteiger partial charge in [-0.25, -0.2) is 9.48 Å². The summed E-state index contributed by atoms with van der Waals surface area (Å²) in [7, 11) is 3.17. The van der Waals surface area contributed by atoms with Gasteiger partial charge in [-0.05, 0) is 24.6 Å². The zero-order valence-electron chi connectivity index (χ0n) is 14.7. The first-order chi connectivity index (χ1) is 12.3. The molecule has 138 valence electrons. The van der Waals surface area contributed by atoms with Crippen molar-refractivity contribution in [2.45, 2.75) is 13.5 Å². The van der Waals surface area contributed by atoms with Crippen LogP contribution in [0.3, 0.4) is 0 Å². The number of aromatic nitrogens is 2. The van der Waals surface area contributed by atoms with Gasteiger partial charge in [0.15, 0.2) is 6.61 Å². The van der Waals surface area contributed by atoms with E-state index >= 15 is 0 Å². The van der Waals surface area contributed by atoms with Crippen molar-refractivity contribution < 1.29 is 14.3 Å². The topological polar surface area (TPSA) is 64.4 Å². The van der Waals surface area contributed by atoms with Gasteiger partial charge in [-0.1, -0.05) is 41.4 Å². The molecule has 8 heteroatoms. The van der Waals surface area contributed by atoms with Crippen LogP contribution in [0.1, 0.15) is 16.8 Å². The van der Waals surface area contributed by atoms with Crippen molar-refractivity contribution in [1.82, 2.24) is 14.7 Å². The number of esters is 1. The summed E-state index contributed by atoms with van der Waals surface area (Å²) in [6.45, 7) is 1.89. The summed E-state index contributed by atoms with van der Waals surface area (Å²) >= 11 is 12.5. The SMILES string of the molecule is Cc1nn(Cc2ccccc2Cl)c(Cl)c1/C=C/C(=O)OCC(=O)N(C)C. The fraction of sp³-hybridized carbons (Fsp3) is 0.278. The molecule has 0 bridgehead atoms. The third kappa shape index (κ3) is 5.09. The highest BCUT2D eigenvalue weighted by Crippen LogP contribution is 2.24. The van der Waals surface area contributed by atoms with Crippen molar-refractivity contribution in [3.63, 3.8) is 0 Å².